The van der Waals surface area contributed by atoms with Crippen LogP contribution in [0.4, 0.5) is 0 Å². The zero-order valence-corrected chi connectivity index (χ0v) is 12.1. The molecule has 1 saturated heterocycles. The van der Waals surface area contributed by atoms with E-state index >= 15 is 0 Å². The minimum absolute atomic E-state index is 0.0437. The molecular weight excluding hydrogens is 252 g/mol. The van der Waals surface area contributed by atoms with E-state index in [9.17, 15) is 9.59 Å². The Bertz CT molecular complexity index is 473. The molecule has 0 spiro atoms. The van der Waals surface area contributed by atoms with E-state index in [1.54, 1.807) is 4.90 Å². The van der Waals surface area contributed by atoms with Gasteiger partial charge in [0.25, 0.3) is 0 Å². The van der Waals surface area contributed by atoms with E-state index in [0.717, 1.165) is 18.4 Å². The molecule has 20 heavy (non-hydrogen) atoms. The number of piperazine rings is 1. The number of hydrogen-bond donors (Lipinski definition) is 1. The summed E-state index contributed by atoms with van der Waals surface area (Å²) in [7, 11) is 0. The van der Waals surface area contributed by atoms with Crippen molar-refractivity contribution < 1.29 is 9.59 Å². The molecule has 2 rings (SSSR count). The van der Waals surface area contributed by atoms with E-state index < -0.39 is 6.04 Å². The van der Waals surface area contributed by atoms with Gasteiger partial charge in [0, 0.05) is 6.54 Å². The smallest absolute Gasteiger partial charge is 0.248 e. The van der Waals surface area contributed by atoms with Gasteiger partial charge < -0.3 is 10.2 Å². The van der Waals surface area contributed by atoms with E-state index in [1.807, 2.05) is 44.2 Å². The molecule has 1 N–H and O–H groups in total. The second-order valence-electron chi connectivity index (χ2n) is 5.19. The Kier molecular flexibility index (Phi) is 4.77. The summed E-state index contributed by atoms with van der Waals surface area (Å²) in [6.07, 6.45) is 2.43. The molecule has 108 valence electrons. The van der Waals surface area contributed by atoms with Gasteiger partial charge in [0.2, 0.25) is 11.8 Å². The lowest BCUT2D eigenvalue weighted by Crippen LogP contribution is -2.59. The Labute approximate surface area is 120 Å². The summed E-state index contributed by atoms with van der Waals surface area (Å²) in [6, 6.07) is 8.66. The first-order chi connectivity index (χ1) is 9.69. The van der Waals surface area contributed by atoms with Crippen molar-refractivity contribution in [3.63, 3.8) is 0 Å². The van der Waals surface area contributed by atoms with Crippen molar-refractivity contribution in [1.29, 1.82) is 0 Å². The molecule has 2 unspecified atom stereocenters. The molecule has 0 bridgehead atoms. The summed E-state index contributed by atoms with van der Waals surface area (Å²) in [5.74, 6) is -0.0233. The number of amides is 2. The molecule has 2 amide bonds. The average Bonchev–Trinajstić information content (AvgIpc) is 2.45. The average molecular weight is 274 g/mol. The van der Waals surface area contributed by atoms with Crippen molar-refractivity contribution in [3.8, 4) is 0 Å². The fourth-order valence-electron chi connectivity index (χ4n) is 2.71. The molecule has 0 radical (unpaired) electrons. The second kappa shape index (κ2) is 6.55. The second-order valence-corrected chi connectivity index (χ2v) is 5.19. The van der Waals surface area contributed by atoms with E-state index in [4.69, 9.17) is 0 Å². The van der Waals surface area contributed by atoms with Crippen LogP contribution in [-0.4, -0.2) is 29.3 Å². The minimum atomic E-state index is -0.489. The van der Waals surface area contributed by atoms with Crippen LogP contribution < -0.4 is 5.32 Å². The summed E-state index contributed by atoms with van der Waals surface area (Å²) >= 11 is 0. The van der Waals surface area contributed by atoms with Crippen LogP contribution in [-0.2, 0) is 9.59 Å². The highest BCUT2D eigenvalue weighted by Crippen LogP contribution is 2.26. The van der Waals surface area contributed by atoms with Gasteiger partial charge in [0.1, 0.15) is 12.1 Å². The van der Waals surface area contributed by atoms with E-state index in [-0.39, 0.29) is 17.9 Å². The first-order valence-electron chi connectivity index (χ1n) is 7.34. The first kappa shape index (κ1) is 14.6. The van der Waals surface area contributed by atoms with Crippen LogP contribution in [0, 0.1) is 0 Å². The lowest BCUT2D eigenvalue weighted by molar-refractivity contribution is -0.149. The van der Waals surface area contributed by atoms with Crippen molar-refractivity contribution in [3.05, 3.63) is 35.9 Å². The molecule has 1 fully saturated rings. The van der Waals surface area contributed by atoms with Gasteiger partial charge in [-0.15, -0.1) is 0 Å². The number of rotatable bonds is 5. The van der Waals surface area contributed by atoms with Crippen molar-refractivity contribution >= 4 is 11.8 Å². The highest BCUT2D eigenvalue weighted by atomic mass is 16.2. The number of hydrogen-bond acceptors (Lipinski definition) is 2. The van der Waals surface area contributed by atoms with E-state index in [1.165, 1.54) is 0 Å². The van der Waals surface area contributed by atoms with Gasteiger partial charge in [-0.25, -0.2) is 0 Å². The Hall–Kier alpha value is -1.84. The zero-order chi connectivity index (χ0) is 14.5. The van der Waals surface area contributed by atoms with Crippen molar-refractivity contribution in [2.24, 2.45) is 0 Å². The number of benzene rings is 1. The predicted molar refractivity (Wildman–Crippen MR) is 78.0 cm³/mol. The first-order valence-corrected chi connectivity index (χ1v) is 7.34. The van der Waals surface area contributed by atoms with Gasteiger partial charge >= 0.3 is 0 Å². The standard InChI is InChI=1S/C16H22N2O2/c1-3-8-13-16(20)18(11-4-2)14(15(19)17-13)12-9-6-5-7-10-12/h5-7,9-10,13-14H,3-4,8,11H2,1-2H3,(H,17,19). The summed E-state index contributed by atoms with van der Waals surface area (Å²) in [6.45, 7) is 4.66. The van der Waals surface area contributed by atoms with Crippen LogP contribution >= 0.6 is 0 Å². The molecule has 0 aromatic heterocycles. The summed E-state index contributed by atoms with van der Waals surface area (Å²) < 4.78 is 0. The normalized spacial score (nSPS) is 22.8. The molecule has 4 heteroatoms. The van der Waals surface area contributed by atoms with Crippen LogP contribution in [0.15, 0.2) is 30.3 Å². The molecule has 0 saturated carbocycles. The third-order valence-electron chi connectivity index (χ3n) is 3.61. The topological polar surface area (TPSA) is 49.4 Å². The molecule has 2 atom stereocenters. The lowest BCUT2D eigenvalue weighted by atomic mass is 9.97. The van der Waals surface area contributed by atoms with Crippen LogP contribution in [0.5, 0.6) is 0 Å². The predicted octanol–water partition coefficient (Wildman–Crippen LogP) is 2.26. The highest BCUT2D eigenvalue weighted by molar-refractivity contribution is 5.97. The highest BCUT2D eigenvalue weighted by Gasteiger charge is 2.40. The Morgan fingerprint density at radius 1 is 1.10 bits per heavy atom. The minimum Gasteiger partial charge on any atom is -0.342 e. The quantitative estimate of drug-likeness (QED) is 0.895. The van der Waals surface area contributed by atoms with Gasteiger partial charge in [-0.1, -0.05) is 50.6 Å². The maximum absolute atomic E-state index is 12.5. The fourth-order valence-corrected chi connectivity index (χ4v) is 2.71. The number of nitrogens with zero attached hydrogens (tertiary/aromatic N) is 1. The Balaban J connectivity index is 2.30. The Morgan fingerprint density at radius 2 is 1.80 bits per heavy atom. The third kappa shape index (κ3) is 2.84. The molecule has 0 aliphatic carbocycles. The Morgan fingerprint density at radius 3 is 2.40 bits per heavy atom. The van der Waals surface area contributed by atoms with Crippen molar-refractivity contribution in [2.75, 3.05) is 6.54 Å². The van der Waals surface area contributed by atoms with Crippen LogP contribution in [0.2, 0.25) is 0 Å². The summed E-state index contributed by atoms with van der Waals surface area (Å²) in [5, 5.41) is 2.87. The van der Waals surface area contributed by atoms with E-state index in [2.05, 4.69) is 5.32 Å². The summed E-state index contributed by atoms with van der Waals surface area (Å²) in [4.78, 5) is 26.7. The molecule has 1 aromatic carbocycles. The third-order valence-corrected chi connectivity index (χ3v) is 3.61. The molecule has 1 aliphatic rings. The molecule has 1 aromatic rings. The molecule has 1 aliphatic heterocycles. The molecule has 1 heterocycles. The van der Waals surface area contributed by atoms with E-state index in [0.29, 0.717) is 13.0 Å². The molecular formula is C16H22N2O2. The van der Waals surface area contributed by atoms with Gasteiger partial charge in [-0.2, -0.15) is 0 Å². The lowest BCUT2D eigenvalue weighted by Gasteiger charge is -2.39. The van der Waals surface area contributed by atoms with Crippen LogP contribution in [0.1, 0.15) is 44.7 Å². The zero-order valence-electron chi connectivity index (χ0n) is 12.1. The van der Waals surface area contributed by atoms with Gasteiger partial charge in [0.15, 0.2) is 0 Å². The number of carbonyl (C=O) groups is 2. The fraction of sp³-hybridized carbons (Fsp3) is 0.500. The maximum Gasteiger partial charge on any atom is 0.248 e. The number of nitrogens with one attached hydrogen (secondary N) is 1. The van der Waals surface area contributed by atoms with Gasteiger partial charge in [-0.05, 0) is 18.4 Å². The van der Waals surface area contributed by atoms with Gasteiger partial charge in [-0.3, -0.25) is 9.59 Å². The maximum atomic E-state index is 12.5. The largest absolute Gasteiger partial charge is 0.342 e. The molecule has 4 nitrogen and oxygen atoms in total. The monoisotopic (exact) mass is 274 g/mol. The number of carbonyl (C=O) groups excluding carboxylic acids is 2. The van der Waals surface area contributed by atoms with Crippen molar-refractivity contribution in [2.45, 2.75) is 45.2 Å². The SMILES string of the molecule is CCCC1NC(=O)C(c2ccccc2)N(CCC)C1=O. The summed E-state index contributed by atoms with van der Waals surface area (Å²) in [5.41, 5.74) is 0.877. The van der Waals surface area contributed by atoms with Crippen molar-refractivity contribution in [1.82, 2.24) is 10.2 Å². The van der Waals surface area contributed by atoms with Gasteiger partial charge in [0.05, 0.1) is 0 Å². The van der Waals surface area contributed by atoms with Crippen LogP contribution in [0.25, 0.3) is 0 Å². The van der Waals surface area contributed by atoms with Crippen LogP contribution in [0.3, 0.4) is 0 Å².